The van der Waals surface area contributed by atoms with Crippen LogP contribution in [0.1, 0.15) is 19.3 Å². The van der Waals surface area contributed by atoms with Gasteiger partial charge in [0.1, 0.15) is 10.7 Å². The molecule has 3 heterocycles. The zero-order valence-electron chi connectivity index (χ0n) is 15.2. The standard InChI is InChI=1S/C19H24N4O2S/c1-21(2)19-11-10-16(13-20-19)26(24,25)23-14-15-7-5-6-12-22(15)17-8-3-4-9-18(17)23/h3-4,8-11,13,15H,5-7,12,14H2,1-2H3. The Labute approximate surface area is 155 Å². The highest BCUT2D eigenvalue weighted by Crippen LogP contribution is 2.40. The molecule has 1 aromatic heterocycles. The van der Waals surface area contributed by atoms with E-state index in [9.17, 15) is 8.42 Å². The van der Waals surface area contributed by atoms with Gasteiger partial charge in [-0.2, -0.15) is 0 Å². The monoisotopic (exact) mass is 372 g/mol. The Bertz CT molecular complexity index is 896. The van der Waals surface area contributed by atoms with Gasteiger partial charge in [0.15, 0.2) is 0 Å². The normalized spacial score (nSPS) is 19.7. The number of hydrogen-bond donors (Lipinski definition) is 0. The first kappa shape index (κ1) is 17.1. The van der Waals surface area contributed by atoms with Crippen LogP contribution >= 0.6 is 0 Å². The first-order valence-corrected chi connectivity index (χ1v) is 10.4. The quantitative estimate of drug-likeness (QED) is 0.829. The number of fused-ring (bicyclic) bond motifs is 3. The smallest absolute Gasteiger partial charge is 0.265 e. The lowest BCUT2D eigenvalue weighted by Crippen LogP contribution is -2.52. The molecule has 6 nitrogen and oxygen atoms in total. The highest BCUT2D eigenvalue weighted by molar-refractivity contribution is 7.92. The summed E-state index contributed by atoms with van der Waals surface area (Å²) >= 11 is 0. The van der Waals surface area contributed by atoms with Crippen molar-refractivity contribution in [2.75, 3.05) is 41.3 Å². The molecule has 7 heteroatoms. The summed E-state index contributed by atoms with van der Waals surface area (Å²) in [6, 6.07) is 11.4. The van der Waals surface area contributed by atoms with E-state index in [1.165, 1.54) is 6.20 Å². The van der Waals surface area contributed by atoms with Crippen molar-refractivity contribution < 1.29 is 8.42 Å². The van der Waals surface area contributed by atoms with E-state index in [0.29, 0.717) is 6.54 Å². The van der Waals surface area contributed by atoms with Crippen LogP contribution in [0.3, 0.4) is 0 Å². The van der Waals surface area contributed by atoms with E-state index in [-0.39, 0.29) is 10.9 Å². The third-order valence-corrected chi connectivity index (χ3v) is 6.99. The first-order valence-electron chi connectivity index (χ1n) is 9.00. The van der Waals surface area contributed by atoms with E-state index in [2.05, 4.69) is 9.88 Å². The fourth-order valence-electron chi connectivity index (χ4n) is 3.86. The number of rotatable bonds is 3. The highest BCUT2D eigenvalue weighted by Gasteiger charge is 2.38. The van der Waals surface area contributed by atoms with E-state index in [1.807, 2.05) is 43.3 Å². The molecule has 0 spiro atoms. The summed E-state index contributed by atoms with van der Waals surface area (Å²) in [7, 11) is 0.125. The summed E-state index contributed by atoms with van der Waals surface area (Å²) in [5, 5.41) is 0. The van der Waals surface area contributed by atoms with Crippen molar-refractivity contribution in [3.63, 3.8) is 0 Å². The molecule has 0 aliphatic carbocycles. The van der Waals surface area contributed by atoms with E-state index in [4.69, 9.17) is 0 Å². The number of piperidine rings is 1. The molecule has 0 radical (unpaired) electrons. The third-order valence-electron chi connectivity index (χ3n) is 5.23. The minimum absolute atomic E-state index is 0.238. The summed E-state index contributed by atoms with van der Waals surface area (Å²) in [4.78, 5) is 8.75. The molecule has 1 fully saturated rings. The van der Waals surface area contributed by atoms with Gasteiger partial charge in [-0.15, -0.1) is 0 Å². The van der Waals surface area contributed by atoms with Crippen LogP contribution in [0.5, 0.6) is 0 Å². The number of hydrogen-bond acceptors (Lipinski definition) is 5. The molecule has 4 rings (SSSR count). The summed E-state index contributed by atoms with van der Waals surface area (Å²) < 4.78 is 28.3. The Balaban J connectivity index is 1.76. The SMILES string of the molecule is CN(C)c1ccc(S(=O)(=O)N2CC3CCCCN3c3ccccc32)cn1. The van der Waals surface area contributed by atoms with E-state index < -0.39 is 10.0 Å². The summed E-state index contributed by atoms with van der Waals surface area (Å²) in [5.74, 6) is 0.737. The number of anilines is 3. The Morgan fingerprint density at radius 2 is 1.85 bits per heavy atom. The number of para-hydroxylation sites is 2. The van der Waals surface area contributed by atoms with Gasteiger partial charge < -0.3 is 9.80 Å². The Morgan fingerprint density at radius 3 is 2.54 bits per heavy atom. The molecule has 1 unspecified atom stereocenters. The second-order valence-electron chi connectivity index (χ2n) is 7.11. The van der Waals surface area contributed by atoms with Crippen molar-refractivity contribution in [2.24, 2.45) is 0 Å². The molecule has 0 N–H and O–H groups in total. The summed E-state index contributed by atoms with van der Waals surface area (Å²) in [6.07, 6.45) is 4.79. The van der Waals surface area contributed by atoms with Crippen molar-refractivity contribution in [2.45, 2.75) is 30.2 Å². The molecule has 0 saturated carbocycles. The predicted molar refractivity (Wildman–Crippen MR) is 105 cm³/mol. The maximum atomic E-state index is 13.4. The lowest BCUT2D eigenvalue weighted by Gasteiger charge is -2.46. The molecule has 1 aromatic carbocycles. The van der Waals surface area contributed by atoms with Crippen LogP contribution in [0.25, 0.3) is 0 Å². The van der Waals surface area contributed by atoms with Crippen LogP contribution in [0.2, 0.25) is 0 Å². The topological polar surface area (TPSA) is 56.8 Å². The van der Waals surface area contributed by atoms with Gasteiger partial charge >= 0.3 is 0 Å². The average Bonchev–Trinajstić information content (AvgIpc) is 2.67. The highest BCUT2D eigenvalue weighted by atomic mass is 32.2. The molecule has 1 saturated heterocycles. The molecule has 138 valence electrons. The third kappa shape index (κ3) is 2.80. The zero-order valence-corrected chi connectivity index (χ0v) is 16.0. The molecule has 26 heavy (non-hydrogen) atoms. The lowest BCUT2D eigenvalue weighted by molar-refractivity contribution is 0.454. The Hall–Kier alpha value is -2.28. The van der Waals surface area contributed by atoms with Crippen LogP contribution < -0.4 is 14.1 Å². The van der Waals surface area contributed by atoms with Gasteiger partial charge in [0.2, 0.25) is 0 Å². The van der Waals surface area contributed by atoms with E-state index in [1.54, 1.807) is 16.4 Å². The van der Waals surface area contributed by atoms with Gasteiger partial charge in [-0.1, -0.05) is 12.1 Å². The predicted octanol–water partition coefficient (Wildman–Crippen LogP) is 2.72. The van der Waals surface area contributed by atoms with Crippen LogP contribution in [0.15, 0.2) is 47.5 Å². The molecular weight excluding hydrogens is 348 g/mol. The van der Waals surface area contributed by atoms with Gasteiger partial charge in [0.25, 0.3) is 10.0 Å². The van der Waals surface area contributed by atoms with Crippen LogP contribution in [0, 0.1) is 0 Å². The van der Waals surface area contributed by atoms with Gasteiger partial charge in [-0.3, -0.25) is 4.31 Å². The second kappa shape index (κ2) is 6.46. The van der Waals surface area contributed by atoms with Crippen molar-refractivity contribution >= 4 is 27.2 Å². The van der Waals surface area contributed by atoms with Gasteiger partial charge in [-0.05, 0) is 43.5 Å². The number of nitrogens with zero attached hydrogens (tertiary/aromatic N) is 4. The van der Waals surface area contributed by atoms with Gasteiger partial charge in [-0.25, -0.2) is 13.4 Å². The molecule has 2 aliphatic rings. The van der Waals surface area contributed by atoms with Gasteiger partial charge in [0, 0.05) is 32.9 Å². The van der Waals surface area contributed by atoms with Crippen molar-refractivity contribution in [3.8, 4) is 0 Å². The Morgan fingerprint density at radius 1 is 1.08 bits per heavy atom. The van der Waals surface area contributed by atoms with Crippen LogP contribution in [0.4, 0.5) is 17.2 Å². The molecule has 0 bridgehead atoms. The maximum Gasteiger partial charge on any atom is 0.265 e. The van der Waals surface area contributed by atoms with E-state index in [0.717, 1.165) is 43.0 Å². The largest absolute Gasteiger partial charge is 0.365 e. The molecular formula is C19H24N4O2S. The number of aromatic nitrogens is 1. The van der Waals surface area contributed by atoms with Crippen molar-refractivity contribution in [3.05, 3.63) is 42.6 Å². The number of benzene rings is 1. The fraction of sp³-hybridized carbons (Fsp3) is 0.421. The second-order valence-corrected chi connectivity index (χ2v) is 8.98. The van der Waals surface area contributed by atoms with Crippen molar-refractivity contribution in [1.29, 1.82) is 0 Å². The number of sulfonamides is 1. The maximum absolute atomic E-state index is 13.4. The number of pyridine rings is 1. The minimum Gasteiger partial charge on any atom is -0.365 e. The van der Waals surface area contributed by atoms with Crippen molar-refractivity contribution in [1.82, 2.24) is 4.98 Å². The van der Waals surface area contributed by atoms with E-state index >= 15 is 0 Å². The fourth-order valence-corrected chi connectivity index (χ4v) is 5.32. The molecule has 2 aromatic rings. The molecule has 2 aliphatic heterocycles. The minimum atomic E-state index is -3.64. The average molecular weight is 372 g/mol. The van der Waals surface area contributed by atoms with Crippen LogP contribution in [-0.2, 0) is 10.0 Å². The van der Waals surface area contributed by atoms with Gasteiger partial charge in [0.05, 0.1) is 17.9 Å². The summed E-state index contributed by atoms with van der Waals surface area (Å²) in [6.45, 7) is 1.49. The Kier molecular flexibility index (Phi) is 4.26. The van der Waals surface area contributed by atoms with Crippen LogP contribution in [-0.4, -0.2) is 46.6 Å². The summed E-state index contributed by atoms with van der Waals surface area (Å²) in [5.41, 5.74) is 1.78. The first-order chi connectivity index (χ1) is 12.5. The molecule has 0 amide bonds. The molecule has 1 atom stereocenters. The lowest BCUT2D eigenvalue weighted by atomic mass is 9.98. The zero-order chi connectivity index (χ0) is 18.3.